The first kappa shape index (κ1) is 10.5. The molecule has 1 aromatic heterocycles. The number of rotatable bonds is 3. The van der Waals surface area contributed by atoms with Gasteiger partial charge < -0.3 is 4.74 Å². The van der Waals surface area contributed by atoms with E-state index in [9.17, 15) is 8.78 Å². The molecule has 0 spiro atoms. The van der Waals surface area contributed by atoms with Crippen LogP contribution in [0, 0.1) is 0 Å². The molecule has 15 heavy (non-hydrogen) atoms. The molecule has 4 nitrogen and oxygen atoms in total. The summed E-state index contributed by atoms with van der Waals surface area (Å²) in [6, 6.07) is 0. The Balaban J connectivity index is 1.99. The molecule has 0 N–H and O–H groups in total. The van der Waals surface area contributed by atoms with Gasteiger partial charge in [0.05, 0.1) is 19.8 Å². The lowest BCUT2D eigenvalue weighted by Gasteiger charge is -2.26. The normalized spacial score (nSPS) is 18.6. The van der Waals surface area contributed by atoms with Crippen LogP contribution in [0.15, 0.2) is 12.4 Å². The van der Waals surface area contributed by atoms with Crippen molar-refractivity contribution < 1.29 is 13.5 Å². The van der Waals surface area contributed by atoms with Crippen LogP contribution >= 0.6 is 0 Å². The fraction of sp³-hybridized carbons (Fsp3) is 0.667. The SMILES string of the molecule is FC(F)n1ccnc1CN1CCOCC1. The smallest absolute Gasteiger partial charge is 0.319 e. The number of halogens is 2. The number of hydrogen-bond donors (Lipinski definition) is 0. The molecule has 1 fully saturated rings. The summed E-state index contributed by atoms with van der Waals surface area (Å²) in [6.45, 7) is 0.820. The van der Waals surface area contributed by atoms with Crippen LogP contribution in [0.1, 0.15) is 12.4 Å². The van der Waals surface area contributed by atoms with Crippen molar-refractivity contribution in [2.45, 2.75) is 13.1 Å². The molecule has 2 rings (SSSR count). The zero-order valence-corrected chi connectivity index (χ0v) is 8.27. The van der Waals surface area contributed by atoms with Gasteiger partial charge in [-0.2, -0.15) is 8.78 Å². The van der Waals surface area contributed by atoms with Gasteiger partial charge in [0, 0.05) is 25.5 Å². The van der Waals surface area contributed by atoms with E-state index in [1.165, 1.54) is 12.4 Å². The van der Waals surface area contributed by atoms with Gasteiger partial charge in [0.25, 0.3) is 0 Å². The van der Waals surface area contributed by atoms with E-state index in [0.29, 0.717) is 25.6 Å². The molecule has 0 atom stereocenters. The first-order chi connectivity index (χ1) is 7.27. The average Bonchev–Trinajstić information content (AvgIpc) is 2.67. The summed E-state index contributed by atoms with van der Waals surface area (Å²) in [6.07, 6.45) is 2.71. The molecular weight excluding hydrogens is 204 g/mol. The number of hydrogen-bond acceptors (Lipinski definition) is 3. The standard InChI is InChI=1S/C9H13F2N3O/c10-9(11)14-2-1-12-8(14)7-13-3-5-15-6-4-13/h1-2,9H,3-7H2. The topological polar surface area (TPSA) is 30.3 Å². The summed E-state index contributed by atoms with van der Waals surface area (Å²) in [5.74, 6) is 0.409. The van der Waals surface area contributed by atoms with E-state index in [1.807, 2.05) is 0 Å². The Morgan fingerprint density at radius 3 is 2.80 bits per heavy atom. The fourth-order valence-electron chi connectivity index (χ4n) is 1.60. The van der Waals surface area contributed by atoms with Crippen LogP contribution in [-0.4, -0.2) is 40.8 Å². The molecule has 0 aromatic carbocycles. The van der Waals surface area contributed by atoms with E-state index >= 15 is 0 Å². The molecule has 6 heteroatoms. The number of ether oxygens (including phenoxy) is 1. The van der Waals surface area contributed by atoms with Crippen molar-refractivity contribution >= 4 is 0 Å². The van der Waals surface area contributed by atoms with E-state index in [-0.39, 0.29) is 0 Å². The summed E-state index contributed by atoms with van der Waals surface area (Å²) in [5.41, 5.74) is 0. The molecule has 1 aliphatic heterocycles. The molecule has 84 valence electrons. The molecule has 0 bridgehead atoms. The number of nitrogens with zero attached hydrogens (tertiary/aromatic N) is 3. The van der Waals surface area contributed by atoms with E-state index in [0.717, 1.165) is 17.7 Å². The second-order valence-corrected chi connectivity index (χ2v) is 3.42. The van der Waals surface area contributed by atoms with Gasteiger partial charge in [-0.1, -0.05) is 0 Å². The Kier molecular flexibility index (Phi) is 3.27. The van der Waals surface area contributed by atoms with E-state index in [4.69, 9.17) is 4.74 Å². The first-order valence-electron chi connectivity index (χ1n) is 4.87. The highest BCUT2D eigenvalue weighted by atomic mass is 19.3. The monoisotopic (exact) mass is 217 g/mol. The number of aromatic nitrogens is 2. The Hall–Kier alpha value is -1.01. The fourth-order valence-corrected chi connectivity index (χ4v) is 1.60. The van der Waals surface area contributed by atoms with Crippen LogP contribution in [0.3, 0.4) is 0 Å². The molecule has 0 amide bonds. The van der Waals surface area contributed by atoms with Gasteiger partial charge >= 0.3 is 6.55 Å². The lowest BCUT2D eigenvalue weighted by Crippen LogP contribution is -2.36. The minimum absolute atomic E-state index is 0.409. The zero-order chi connectivity index (χ0) is 10.7. The molecule has 0 aliphatic carbocycles. The molecule has 0 radical (unpaired) electrons. The molecular formula is C9H13F2N3O. The summed E-state index contributed by atoms with van der Waals surface area (Å²) < 4.78 is 31.1. The van der Waals surface area contributed by atoms with Crippen molar-refractivity contribution in [3.63, 3.8) is 0 Å². The maximum absolute atomic E-state index is 12.5. The number of alkyl halides is 2. The predicted molar refractivity (Wildman–Crippen MR) is 49.6 cm³/mol. The Morgan fingerprint density at radius 2 is 2.13 bits per heavy atom. The molecule has 1 aliphatic rings. The summed E-state index contributed by atoms with van der Waals surface area (Å²) >= 11 is 0. The summed E-state index contributed by atoms with van der Waals surface area (Å²) in [5, 5.41) is 0. The van der Waals surface area contributed by atoms with Crippen molar-refractivity contribution in [3.8, 4) is 0 Å². The highest BCUT2D eigenvalue weighted by Crippen LogP contribution is 2.14. The quantitative estimate of drug-likeness (QED) is 0.759. The highest BCUT2D eigenvalue weighted by Gasteiger charge is 2.16. The third kappa shape index (κ3) is 2.51. The maximum atomic E-state index is 12.5. The van der Waals surface area contributed by atoms with Gasteiger partial charge in [-0.25, -0.2) is 4.98 Å². The van der Waals surface area contributed by atoms with Crippen LogP contribution < -0.4 is 0 Å². The second-order valence-electron chi connectivity index (χ2n) is 3.42. The van der Waals surface area contributed by atoms with Crippen LogP contribution in [0.4, 0.5) is 8.78 Å². The van der Waals surface area contributed by atoms with Crippen molar-refractivity contribution in [1.29, 1.82) is 0 Å². The minimum Gasteiger partial charge on any atom is -0.379 e. The molecule has 1 saturated heterocycles. The lowest BCUT2D eigenvalue weighted by atomic mass is 10.4. The highest BCUT2D eigenvalue weighted by molar-refractivity contribution is 4.93. The second kappa shape index (κ2) is 4.67. The largest absolute Gasteiger partial charge is 0.379 e. The maximum Gasteiger partial charge on any atom is 0.319 e. The lowest BCUT2D eigenvalue weighted by molar-refractivity contribution is 0.0270. The summed E-state index contributed by atoms with van der Waals surface area (Å²) in [7, 11) is 0. The Labute approximate surface area is 86.5 Å². The van der Waals surface area contributed by atoms with Gasteiger partial charge in [-0.3, -0.25) is 9.47 Å². The Morgan fingerprint density at radius 1 is 1.40 bits per heavy atom. The van der Waals surface area contributed by atoms with Crippen molar-refractivity contribution in [2.24, 2.45) is 0 Å². The third-order valence-electron chi connectivity index (χ3n) is 2.43. The van der Waals surface area contributed by atoms with Crippen molar-refractivity contribution in [3.05, 3.63) is 18.2 Å². The van der Waals surface area contributed by atoms with Crippen LogP contribution in [0.2, 0.25) is 0 Å². The van der Waals surface area contributed by atoms with Gasteiger partial charge in [0.2, 0.25) is 0 Å². The molecule has 0 unspecified atom stereocenters. The molecule has 1 aromatic rings. The van der Waals surface area contributed by atoms with Crippen LogP contribution in [-0.2, 0) is 11.3 Å². The van der Waals surface area contributed by atoms with Gasteiger partial charge in [-0.05, 0) is 0 Å². The zero-order valence-electron chi connectivity index (χ0n) is 8.27. The summed E-state index contributed by atoms with van der Waals surface area (Å²) in [4.78, 5) is 5.99. The van der Waals surface area contributed by atoms with Gasteiger partial charge in [0.1, 0.15) is 5.82 Å². The van der Waals surface area contributed by atoms with E-state index < -0.39 is 6.55 Å². The predicted octanol–water partition coefficient (Wildman–Crippen LogP) is 1.11. The van der Waals surface area contributed by atoms with Gasteiger partial charge in [-0.15, -0.1) is 0 Å². The number of morpholine rings is 1. The molecule has 0 saturated carbocycles. The number of imidazole rings is 1. The first-order valence-corrected chi connectivity index (χ1v) is 4.87. The minimum atomic E-state index is -2.51. The van der Waals surface area contributed by atoms with Crippen LogP contribution in [0.25, 0.3) is 0 Å². The van der Waals surface area contributed by atoms with Crippen LogP contribution in [0.5, 0.6) is 0 Å². The van der Waals surface area contributed by atoms with Crippen molar-refractivity contribution in [1.82, 2.24) is 14.5 Å². The Bertz CT molecular complexity index is 310. The molecule has 2 heterocycles. The van der Waals surface area contributed by atoms with Crippen molar-refractivity contribution in [2.75, 3.05) is 26.3 Å². The van der Waals surface area contributed by atoms with Gasteiger partial charge in [0.15, 0.2) is 0 Å². The average molecular weight is 217 g/mol. The van der Waals surface area contributed by atoms with E-state index in [2.05, 4.69) is 9.88 Å². The third-order valence-corrected chi connectivity index (χ3v) is 2.43. The van der Waals surface area contributed by atoms with E-state index in [1.54, 1.807) is 0 Å².